The Balaban J connectivity index is 3.50. The third-order valence-electron chi connectivity index (χ3n) is 1.60. The monoisotopic (exact) mass is 233 g/mol. The lowest BCUT2D eigenvalue weighted by Crippen LogP contribution is -2.09. The Bertz CT molecular complexity index is 497. The maximum absolute atomic E-state index is 10.8. The molecule has 0 aliphatic heterocycles. The van der Waals surface area contributed by atoms with E-state index in [-0.39, 0.29) is 5.69 Å². The van der Waals surface area contributed by atoms with Gasteiger partial charge in [0.2, 0.25) is 0 Å². The van der Waals surface area contributed by atoms with Crippen LogP contribution in [0.5, 0.6) is 0 Å². The van der Waals surface area contributed by atoms with E-state index in [1.165, 1.54) is 6.07 Å². The van der Waals surface area contributed by atoms with Crippen LogP contribution < -0.4 is 11.3 Å². The van der Waals surface area contributed by atoms with Crippen molar-refractivity contribution in [3.8, 4) is 0 Å². The highest BCUT2D eigenvalue weighted by atomic mass is 32.2. The molecule has 1 aromatic rings. The minimum absolute atomic E-state index is 0.133. The van der Waals surface area contributed by atoms with Gasteiger partial charge < -0.3 is 5.43 Å². The van der Waals surface area contributed by atoms with Gasteiger partial charge in [0, 0.05) is 6.07 Å². The number of nitro benzene ring substituents is 1. The summed E-state index contributed by atoms with van der Waals surface area (Å²) in [4.78, 5) is 8.73. The van der Waals surface area contributed by atoms with Gasteiger partial charge in [-0.2, -0.15) is 8.42 Å². The van der Waals surface area contributed by atoms with Gasteiger partial charge in [0.05, 0.1) is 10.6 Å². The molecule has 0 aliphatic rings. The SMILES string of the molecule is NNc1ccc([N+](=O)[O-])c(S(=O)(=O)O)c1. The van der Waals surface area contributed by atoms with Crippen LogP contribution in [-0.2, 0) is 10.1 Å². The van der Waals surface area contributed by atoms with Crippen molar-refractivity contribution in [3.63, 3.8) is 0 Å². The number of rotatable bonds is 3. The fraction of sp³-hybridized carbons (Fsp3) is 0. The molecule has 0 amide bonds. The zero-order valence-electron chi connectivity index (χ0n) is 7.25. The van der Waals surface area contributed by atoms with Crippen LogP contribution in [-0.4, -0.2) is 17.9 Å². The Morgan fingerprint density at radius 2 is 2.07 bits per heavy atom. The van der Waals surface area contributed by atoms with Crippen LogP contribution in [0.25, 0.3) is 0 Å². The zero-order valence-corrected chi connectivity index (χ0v) is 8.06. The number of nitrogens with two attached hydrogens (primary N) is 1. The molecule has 0 bridgehead atoms. The maximum Gasteiger partial charge on any atom is 0.301 e. The highest BCUT2D eigenvalue weighted by Crippen LogP contribution is 2.26. The highest BCUT2D eigenvalue weighted by Gasteiger charge is 2.23. The van der Waals surface area contributed by atoms with Gasteiger partial charge in [0.1, 0.15) is 0 Å². The van der Waals surface area contributed by atoms with Crippen molar-refractivity contribution in [1.82, 2.24) is 0 Å². The molecule has 15 heavy (non-hydrogen) atoms. The molecule has 0 aliphatic carbocycles. The molecular weight excluding hydrogens is 226 g/mol. The smallest absolute Gasteiger partial charge is 0.301 e. The van der Waals surface area contributed by atoms with Crippen molar-refractivity contribution in [2.45, 2.75) is 4.90 Å². The van der Waals surface area contributed by atoms with Gasteiger partial charge in [-0.3, -0.25) is 20.5 Å². The Morgan fingerprint density at radius 1 is 1.47 bits per heavy atom. The van der Waals surface area contributed by atoms with Gasteiger partial charge in [-0.1, -0.05) is 0 Å². The number of hydrazine groups is 1. The van der Waals surface area contributed by atoms with E-state index >= 15 is 0 Å². The number of nitrogens with zero attached hydrogens (tertiary/aromatic N) is 1. The summed E-state index contributed by atoms with van der Waals surface area (Å²) < 4.78 is 30.4. The number of hydrogen-bond donors (Lipinski definition) is 3. The molecule has 0 unspecified atom stereocenters. The molecule has 8 nitrogen and oxygen atoms in total. The molecule has 0 saturated carbocycles. The number of hydrogen-bond acceptors (Lipinski definition) is 6. The van der Waals surface area contributed by atoms with E-state index in [0.29, 0.717) is 0 Å². The standard InChI is InChI=1S/C6H7N3O5S/c7-8-4-1-2-5(9(10)11)6(3-4)15(12,13)14/h1-3,8H,7H2,(H,12,13,14). The van der Waals surface area contributed by atoms with Crippen molar-refractivity contribution >= 4 is 21.5 Å². The van der Waals surface area contributed by atoms with Crippen LogP contribution in [0.3, 0.4) is 0 Å². The Hall–Kier alpha value is -1.71. The molecule has 9 heteroatoms. The van der Waals surface area contributed by atoms with Crippen molar-refractivity contribution in [2.24, 2.45) is 5.84 Å². The van der Waals surface area contributed by atoms with Crippen molar-refractivity contribution < 1.29 is 17.9 Å². The largest absolute Gasteiger partial charge is 0.324 e. The van der Waals surface area contributed by atoms with Gasteiger partial charge in [-0.05, 0) is 12.1 Å². The normalized spacial score (nSPS) is 11.1. The van der Waals surface area contributed by atoms with Crippen molar-refractivity contribution in [1.29, 1.82) is 0 Å². The number of benzene rings is 1. The second-order valence-electron chi connectivity index (χ2n) is 2.56. The summed E-state index contributed by atoms with van der Waals surface area (Å²) in [6.45, 7) is 0. The predicted molar refractivity (Wildman–Crippen MR) is 50.7 cm³/mol. The molecule has 0 heterocycles. The van der Waals surface area contributed by atoms with E-state index in [9.17, 15) is 18.5 Å². The van der Waals surface area contributed by atoms with Crippen LogP contribution in [0.1, 0.15) is 0 Å². The van der Waals surface area contributed by atoms with Gasteiger partial charge in [-0.15, -0.1) is 0 Å². The highest BCUT2D eigenvalue weighted by molar-refractivity contribution is 7.86. The summed E-state index contributed by atoms with van der Waals surface area (Å²) in [5, 5.41) is 10.4. The number of nitrogen functional groups attached to an aromatic ring is 1. The molecular formula is C6H7N3O5S. The van der Waals surface area contributed by atoms with E-state index in [0.717, 1.165) is 12.1 Å². The van der Waals surface area contributed by atoms with Gasteiger partial charge in [0.15, 0.2) is 4.90 Å². The zero-order chi connectivity index (χ0) is 11.6. The molecule has 0 atom stereocenters. The topological polar surface area (TPSA) is 136 Å². The lowest BCUT2D eigenvalue weighted by atomic mass is 10.3. The van der Waals surface area contributed by atoms with Crippen molar-refractivity contribution in [2.75, 3.05) is 5.43 Å². The van der Waals surface area contributed by atoms with Crippen LogP contribution in [0.2, 0.25) is 0 Å². The van der Waals surface area contributed by atoms with Crippen LogP contribution in [0.4, 0.5) is 11.4 Å². The van der Waals surface area contributed by atoms with E-state index in [2.05, 4.69) is 5.43 Å². The lowest BCUT2D eigenvalue weighted by molar-refractivity contribution is -0.387. The Labute approximate surface area is 84.6 Å². The first-order valence-corrected chi connectivity index (χ1v) is 5.03. The molecule has 0 fully saturated rings. The molecule has 0 aromatic heterocycles. The second-order valence-corrected chi connectivity index (χ2v) is 3.95. The minimum Gasteiger partial charge on any atom is -0.324 e. The molecule has 1 rings (SSSR count). The third-order valence-corrected chi connectivity index (χ3v) is 2.48. The van der Waals surface area contributed by atoms with Crippen LogP contribution in [0, 0.1) is 10.1 Å². The van der Waals surface area contributed by atoms with E-state index in [1.54, 1.807) is 0 Å². The van der Waals surface area contributed by atoms with Gasteiger partial charge in [0.25, 0.3) is 5.69 Å². The Morgan fingerprint density at radius 3 is 2.47 bits per heavy atom. The fourth-order valence-electron chi connectivity index (χ4n) is 0.961. The van der Waals surface area contributed by atoms with Crippen molar-refractivity contribution in [3.05, 3.63) is 28.3 Å². The number of nitrogens with one attached hydrogen (secondary N) is 1. The molecule has 0 saturated heterocycles. The second kappa shape index (κ2) is 3.81. The summed E-state index contributed by atoms with van der Waals surface area (Å²) in [5.74, 6) is 4.99. The van der Waals surface area contributed by atoms with E-state index in [1.807, 2.05) is 0 Å². The molecule has 0 spiro atoms. The molecule has 82 valence electrons. The average molecular weight is 233 g/mol. The molecule has 0 radical (unpaired) electrons. The maximum atomic E-state index is 10.8. The Kier molecular flexibility index (Phi) is 2.88. The number of anilines is 1. The van der Waals surface area contributed by atoms with Gasteiger partial charge >= 0.3 is 10.1 Å². The van der Waals surface area contributed by atoms with E-state index < -0.39 is 25.6 Å². The predicted octanol–water partition coefficient (Wildman–Crippen LogP) is 0.127. The van der Waals surface area contributed by atoms with E-state index in [4.69, 9.17) is 10.4 Å². The first-order valence-electron chi connectivity index (χ1n) is 3.59. The molecule has 1 aromatic carbocycles. The average Bonchev–Trinajstić information content (AvgIpc) is 2.15. The summed E-state index contributed by atoms with van der Waals surface area (Å²) >= 11 is 0. The summed E-state index contributed by atoms with van der Waals surface area (Å²) in [6, 6.07) is 3.01. The number of nitro groups is 1. The summed E-state index contributed by atoms with van der Waals surface area (Å²) in [7, 11) is -4.65. The third kappa shape index (κ3) is 2.40. The summed E-state index contributed by atoms with van der Waals surface area (Å²) in [6.07, 6.45) is 0. The van der Waals surface area contributed by atoms with Gasteiger partial charge in [-0.25, -0.2) is 0 Å². The molecule has 4 N–H and O–H groups in total. The fourth-order valence-corrected chi connectivity index (χ4v) is 1.64. The summed E-state index contributed by atoms with van der Waals surface area (Å²) in [5.41, 5.74) is 1.53. The van der Waals surface area contributed by atoms with Crippen LogP contribution >= 0.6 is 0 Å². The first kappa shape index (κ1) is 11.4. The first-order chi connectivity index (χ1) is 6.86. The minimum atomic E-state index is -4.65. The van der Waals surface area contributed by atoms with Crippen LogP contribution in [0.15, 0.2) is 23.1 Å². The lowest BCUT2D eigenvalue weighted by Gasteiger charge is -2.02. The quantitative estimate of drug-likeness (QED) is 0.292.